The summed E-state index contributed by atoms with van der Waals surface area (Å²) >= 11 is 0. The maximum absolute atomic E-state index is 13.8. The summed E-state index contributed by atoms with van der Waals surface area (Å²) in [5, 5.41) is 2.02. The minimum absolute atomic E-state index is 0.0806. The van der Waals surface area contributed by atoms with Crippen LogP contribution in [0.1, 0.15) is 22.8 Å². The van der Waals surface area contributed by atoms with E-state index in [2.05, 4.69) is 0 Å². The van der Waals surface area contributed by atoms with E-state index in [-0.39, 0.29) is 36.8 Å². The molecule has 3 rings (SSSR count). The molecule has 12 heteroatoms. The second-order valence-corrected chi connectivity index (χ2v) is 9.19. The van der Waals surface area contributed by atoms with Crippen molar-refractivity contribution in [2.75, 3.05) is 31.6 Å². The Kier molecular flexibility index (Phi) is 7.40. The average Bonchev–Trinajstić information content (AvgIpc) is 2.80. The van der Waals surface area contributed by atoms with Crippen LogP contribution >= 0.6 is 0 Å². The molecule has 33 heavy (non-hydrogen) atoms. The summed E-state index contributed by atoms with van der Waals surface area (Å²) in [6.45, 7) is 3.61. The molecule has 0 radical (unpaired) electrons. The number of halogens is 3. The summed E-state index contributed by atoms with van der Waals surface area (Å²) in [7, 11) is -3.87. The van der Waals surface area contributed by atoms with E-state index in [0.717, 1.165) is 12.1 Å². The van der Waals surface area contributed by atoms with Crippen LogP contribution in [0.25, 0.3) is 0 Å². The first-order chi connectivity index (χ1) is 15.5. The van der Waals surface area contributed by atoms with Crippen LogP contribution in [0.15, 0.2) is 35.2 Å². The van der Waals surface area contributed by atoms with E-state index in [4.69, 9.17) is 9.47 Å². The molecule has 1 heterocycles. The minimum Gasteiger partial charge on any atom is -0.449 e. The number of sulfonamides is 1. The number of nitrogens with one attached hydrogen (secondary N) is 1. The summed E-state index contributed by atoms with van der Waals surface area (Å²) in [5.74, 6) is -6.76. The van der Waals surface area contributed by atoms with Crippen molar-refractivity contribution < 1.29 is 40.7 Å². The molecule has 1 fully saturated rings. The molecule has 0 aromatic heterocycles. The van der Waals surface area contributed by atoms with E-state index in [0.29, 0.717) is 11.6 Å². The molecule has 1 aliphatic heterocycles. The molecule has 0 bridgehead atoms. The second kappa shape index (κ2) is 9.89. The highest BCUT2D eigenvalue weighted by atomic mass is 32.2. The molecule has 1 amide bonds. The van der Waals surface area contributed by atoms with Crippen LogP contribution in [0, 0.1) is 24.4 Å². The van der Waals surface area contributed by atoms with Gasteiger partial charge in [0.15, 0.2) is 23.6 Å². The van der Waals surface area contributed by atoms with Crippen LogP contribution in [-0.4, -0.2) is 57.0 Å². The van der Waals surface area contributed by atoms with Crippen molar-refractivity contribution in [1.29, 1.82) is 0 Å². The first-order valence-corrected chi connectivity index (χ1v) is 11.3. The highest BCUT2D eigenvalue weighted by Gasteiger charge is 2.28. The van der Waals surface area contributed by atoms with Crippen LogP contribution < -0.4 is 5.32 Å². The first kappa shape index (κ1) is 24.7. The van der Waals surface area contributed by atoms with Gasteiger partial charge in [0, 0.05) is 13.1 Å². The topological polar surface area (TPSA) is 102 Å². The summed E-state index contributed by atoms with van der Waals surface area (Å²) in [6, 6.07) is 5.41. The zero-order chi connectivity index (χ0) is 24.3. The Labute approximate surface area is 188 Å². The van der Waals surface area contributed by atoms with E-state index >= 15 is 0 Å². The monoisotopic (exact) mass is 486 g/mol. The number of rotatable bonds is 6. The molecule has 0 aliphatic carbocycles. The van der Waals surface area contributed by atoms with Gasteiger partial charge in [0.25, 0.3) is 5.91 Å². The molecule has 2 aromatic carbocycles. The minimum atomic E-state index is -3.87. The van der Waals surface area contributed by atoms with Crippen molar-refractivity contribution in [3.05, 3.63) is 58.9 Å². The molecule has 1 aliphatic rings. The molecule has 1 unspecified atom stereocenters. The molecule has 0 saturated carbocycles. The van der Waals surface area contributed by atoms with Gasteiger partial charge >= 0.3 is 5.97 Å². The number of carbonyl (C=O) groups is 2. The van der Waals surface area contributed by atoms with Gasteiger partial charge < -0.3 is 14.8 Å². The molecule has 178 valence electrons. The van der Waals surface area contributed by atoms with Crippen LogP contribution in [0.5, 0.6) is 0 Å². The Balaban J connectivity index is 1.75. The Morgan fingerprint density at radius 1 is 1.09 bits per heavy atom. The van der Waals surface area contributed by atoms with Crippen molar-refractivity contribution in [2.45, 2.75) is 24.8 Å². The van der Waals surface area contributed by atoms with Gasteiger partial charge in [0.05, 0.1) is 29.4 Å². The molecule has 1 N–H and O–H groups in total. The summed E-state index contributed by atoms with van der Waals surface area (Å²) in [6.07, 6.45) is -1.45. The van der Waals surface area contributed by atoms with Gasteiger partial charge in [-0.25, -0.2) is 26.4 Å². The van der Waals surface area contributed by atoms with E-state index < -0.39 is 51.1 Å². The Bertz CT molecular complexity index is 1180. The van der Waals surface area contributed by atoms with Crippen LogP contribution in [0.2, 0.25) is 0 Å². The third-order valence-corrected chi connectivity index (χ3v) is 6.88. The number of ether oxygens (including phenoxy) is 2. The lowest BCUT2D eigenvalue weighted by molar-refractivity contribution is -0.123. The maximum Gasteiger partial charge on any atom is 0.339 e. The van der Waals surface area contributed by atoms with E-state index in [1.807, 2.05) is 5.32 Å². The predicted molar refractivity (Wildman–Crippen MR) is 111 cm³/mol. The number of nitrogens with zero attached hydrogens (tertiary/aromatic N) is 1. The quantitative estimate of drug-likeness (QED) is 0.498. The van der Waals surface area contributed by atoms with Crippen LogP contribution in [0.4, 0.5) is 18.9 Å². The van der Waals surface area contributed by atoms with Gasteiger partial charge in [0.1, 0.15) is 0 Å². The highest BCUT2D eigenvalue weighted by Crippen LogP contribution is 2.23. The first-order valence-electron chi connectivity index (χ1n) is 9.86. The number of esters is 1. The number of hydrogen-bond donors (Lipinski definition) is 1. The fraction of sp³-hybridized carbons (Fsp3) is 0.333. The molecule has 1 saturated heterocycles. The van der Waals surface area contributed by atoms with Crippen molar-refractivity contribution in [1.82, 2.24) is 4.31 Å². The molecule has 2 aromatic rings. The smallest absolute Gasteiger partial charge is 0.339 e. The highest BCUT2D eigenvalue weighted by molar-refractivity contribution is 7.89. The Hall–Kier alpha value is -2.96. The van der Waals surface area contributed by atoms with Crippen molar-refractivity contribution in [3.63, 3.8) is 0 Å². The maximum atomic E-state index is 13.8. The summed E-state index contributed by atoms with van der Waals surface area (Å²) in [4.78, 5) is 24.8. The number of anilines is 1. The fourth-order valence-corrected chi connectivity index (χ4v) is 4.49. The SMILES string of the molecule is Cc1ccc(S(=O)(=O)N2CCOCC2)cc1C(=O)OC(C)C(=O)Nc1ccc(F)c(F)c1F. The number of hydrogen-bond acceptors (Lipinski definition) is 6. The van der Waals surface area contributed by atoms with Gasteiger partial charge in [-0.05, 0) is 43.7 Å². The Morgan fingerprint density at radius 3 is 2.42 bits per heavy atom. The average molecular weight is 486 g/mol. The zero-order valence-electron chi connectivity index (χ0n) is 17.7. The van der Waals surface area contributed by atoms with Crippen LogP contribution in [0.3, 0.4) is 0 Å². The lowest BCUT2D eigenvalue weighted by atomic mass is 10.1. The number of morpholine rings is 1. The van der Waals surface area contributed by atoms with E-state index in [9.17, 15) is 31.2 Å². The summed E-state index contributed by atoms with van der Waals surface area (Å²) in [5.41, 5.74) is -0.306. The number of carbonyl (C=O) groups excluding carboxylic acids is 2. The fourth-order valence-electron chi connectivity index (χ4n) is 3.05. The van der Waals surface area contributed by atoms with E-state index in [1.165, 1.54) is 23.4 Å². The molecule has 1 atom stereocenters. The zero-order valence-corrected chi connectivity index (χ0v) is 18.5. The number of amides is 1. The molecule has 0 spiro atoms. The third-order valence-electron chi connectivity index (χ3n) is 4.98. The number of benzene rings is 2. The van der Waals surface area contributed by atoms with Gasteiger partial charge in [-0.15, -0.1) is 0 Å². The lowest BCUT2D eigenvalue weighted by Gasteiger charge is -2.26. The largest absolute Gasteiger partial charge is 0.449 e. The van der Waals surface area contributed by atoms with Crippen molar-refractivity contribution >= 4 is 27.6 Å². The van der Waals surface area contributed by atoms with Gasteiger partial charge in [0.2, 0.25) is 10.0 Å². The second-order valence-electron chi connectivity index (χ2n) is 7.25. The van der Waals surface area contributed by atoms with Gasteiger partial charge in [-0.3, -0.25) is 4.79 Å². The molecular formula is C21H21F3N2O6S. The predicted octanol–water partition coefficient (Wildman–Crippen LogP) is 2.62. The standard InChI is InChI=1S/C21H21F3N2O6S/c1-12-3-4-14(33(29,30)26-7-9-31-10-8-26)11-15(12)21(28)32-13(2)20(27)25-17-6-5-16(22)18(23)19(17)24/h3-6,11,13H,7-10H2,1-2H3,(H,25,27). The Morgan fingerprint density at radius 2 is 1.76 bits per heavy atom. The van der Waals surface area contributed by atoms with Gasteiger partial charge in [-0.2, -0.15) is 4.31 Å². The van der Waals surface area contributed by atoms with Crippen molar-refractivity contribution in [3.8, 4) is 0 Å². The summed E-state index contributed by atoms with van der Waals surface area (Å²) < 4.78 is 77.3. The lowest BCUT2D eigenvalue weighted by Crippen LogP contribution is -2.40. The van der Waals surface area contributed by atoms with Gasteiger partial charge in [-0.1, -0.05) is 6.07 Å². The normalized spacial score (nSPS) is 15.7. The van der Waals surface area contributed by atoms with Crippen LogP contribution in [-0.2, 0) is 24.3 Å². The van der Waals surface area contributed by atoms with Crippen molar-refractivity contribution in [2.24, 2.45) is 0 Å². The molecular weight excluding hydrogens is 465 g/mol. The molecule has 8 nitrogen and oxygen atoms in total. The number of aryl methyl sites for hydroxylation is 1. The van der Waals surface area contributed by atoms with E-state index in [1.54, 1.807) is 6.92 Å². The third kappa shape index (κ3) is 5.34.